The second-order valence-electron chi connectivity index (χ2n) is 7.98. The number of methoxy groups -OCH3 is 1. The lowest BCUT2D eigenvalue weighted by atomic mass is 9.96. The Morgan fingerprint density at radius 1 is 0.839 bits per heavy atom. The van der Waals surface area contributed by atoms with Gasteiger partial charge in [0.1, 0.15) is 5.75 Å². The Labute approximate surface area is 185 Å². The number of para-hydroxylation sites is 1. The summed E-state index contributed by atoms with van der Waals surface area (Å²) in [6.45, 7) is 3.93. The molecule has 0 radical (unpaired) electrons. The van der Waals surface area contributed by atoms with E-state index < -0.39 is 0 Å². The standard InChI is InChI=1S/C27H30N2O2/c1-31-25-14-12-22(13-15-25)26(16-17-27(30)23-8-4-2-5-9-23)29-20-18-28(19-21-29)24-10-6-3-7-11-24/h2-15,26H,16-21H2,1H3. The maximum atomic E-state index is 12.8. The Kier molecular flexibility index (Phi) is 7.00. The first kappa shape index (κ1) is 21.1. The molecule has 1 heterocycles. The molecule has 0 saturated carbocycles. The molecule has 0 bridgehead atoms. The van der Waals surface area contributed by atoms with Gasteiger partial charge in [-0.3, -0.25) is 9.69 Å². The molecule has 0 N–H and O–H groups in total. The van der Waals surface area contributed by atoms with Crippen LogP contribution in [-0.4, -0.2) is 44.0 Å². The van der Waals surface area contributed by atoms with Crippen molar-refractivity contribution < 1.29 is 9.53 Å². The van der Waals surface area contributed by atoms with Gasteiger partial charge in [-0.2, -0.15) is 0 Å². The summed E-state index contributed by atoms with van der Waals surface area (Å²) in [6, 6.07) is 28.7. The van der Waals surface area contributed by atoms with E-state index in [4.69, 9.17) is 4.74 Å². The number of piperazine rings is 1. The Balaban J connectivity index is 1.46. The third-order valence-electron chi connectivity index (χ3n) is 6.12. The van der Waals surface area contributed by atoms with Gasteiger partial charge in [-0.25, -0.2) is 0 Å². The molecular weight excluding hydrogens is 384 g/mol. The average molecular weight is 415 g/mol. The number of carbonyl (C=O) groups excluding carboxylic acids is 1. The molecule has 0 aromatic heterocycles. The number of ketones is 1. The molecule has 0 spiro atoms. The summed E-state index contributed by atoms with van der Waals surface area (Å²) >= 11 is 0. The maximum absolute atomic E-state index is 12.8. The highest BCUT2D eigenvalue weighted by atomic mass is 16.5. The number of Topliss-reactive ketones (excluding diaryl/α,β-unsaturated/α-hetero) is 1. The van der Waals surface area contributed by atoms with Crippen molar-refractivity contribution in [1.29, 1.82) is 0 Å². The second-order valence-corrected chi connectivity index (χ2v) is 7.98. The van der Waals surface area contributed by atoms with Gasteiger partial charge in [0.25, 0.3) is 0 Å². The van der Waals surface area contributed by atoms with Crippen molar-refractivity contribution in [3.8, 4) is 5.75 Å². The van der Waals surface area contributed by atoms with Crippen LogP contribution in [0.4, 0.5) is 5.69 Å². The fraction of sp³-hybridized carbons (Fsp3) is 0.296. The smallest absolute Gasteiger partial charge is 0.162 e. The number of hydrogen-bond acceptors (Lipinski definition) is 4. The number of benzene rings is 3. The molecular formula is C27H30N2O2. The average Bonchev–Trinajstić information content (AvgIpc) is 2.86. The van der Waals surface area contributed by atoms with Crippen LogP contribution in [0.15, 0.2) is 84.9 Å². The van der Waals surface area contributed by atoms with Crippen LogP contribution in [0.2, 0.25) is 0 Å². The Bertz CT molecular complexity index is 950. The number of ether oxygens (including phenoxy) is 1. The predicted octanol–water partition coefficient (Wildman–Crippen LogP) is 5.22. The molecule has 1 unspecified atom stereocenters. The van der Waals surface area contributed by atoms with E-state index in [1.54, 1.807) is 7.11 Å². The highest BCUT2D eigenvalue weighted by Gasteiger charge is 2.26. The highest BCUT2D eigenvalue weighted by molar-refractivity contribution is 5.96. The molecule has 4 nitrogen and oxygen atoms in total. The molecule has 3 aromatic carbocycles. The lowest BCUT2D eigenvalue weighted by Gasteiger charge is -2.40. The minimum Gasteiger partial charge on any atom is -0.497 e. The van der Waals surface area contributed by atoms with Crippen LogP contribution < -0.4 is 9.64 Å². The van der Waals surface area contributed by atoms with Gasteiger partial charge in [0.15, 0.2) is 5.78 Å². The van der Waals surface area contributed by atoms with Crippen LogP contribution >= 0.6 is 0 Å². The van der Waals surface area contributed by atoms with Crippen LogP contribution in [0, 0.1) is 0 Å². The molecule has 1 aliphatic rings. The van der Waals surface area contributed by atoms with E-state index in [1.807, 2.05) is 42.5 Å². The molecule has 31 heavy (non-hydrogen) atoms. The number of carbonyl (C=O) groups is 1. The summed E-state index contributed by atoms with van der Waals surface area (Å²) in [6.07, 6.45) is 1.35. The third kappa shape index (κ3) is 5.33. The van der Waals surface area contributed by atoms with Crippen LogP contribution in [0.1, 0.15) is 34.8 Å². The van der Waals surface area contributed by atoms with Gasteiger partial charge in [0.2, 0.25) is 0 Å². The van der Waals surface area contributed by atoms with Crippen molar-refractivity contribution >= 4 is 11.5 Å². The van der Waals surface area contributed by atoms with Crippen molar-refractivity contribution in [2.24, 2.45) is 0 Å². The lowest BCUT2D eigenvalue weighted by molar-refractivity contribution is 0.0956. The van der Waals surface area contributed by atoms with Crippen molar-refractivity contribution in [1.82, 2.24) is 4.90 Å². The van der Waals surface area contributed by atoms with Crippen LogP contribution in [0.5, 0.6) is 5.75 Å². The molecule has 1 saturated heterocycles. The summed E-state index contributed by atoms with van der Waals surface area (Å²) in [5, 5.41) is 0. The first-order valence-corrected chi connectivity index (χ1v) is 11.0. The van der Waals surface area contributed by atoms with Gasteiger partial charge in [-0.1, -0.05) is 60.7 Å². The monoisotopic (exact) mass is 414 g/mol. The molecule has 3 aromatic rings. The molecule has 1 atom stereocenters. The number of rotatable bonds is 8. The SMILES string of the molecule is COc1ccc(C(CCC(=O)c2ccccc2)N2CCN(c3ccccc3)CC2)cc1. The van der Waals surface area contributed by atoms with Crippen LogP contribution in [0.3, 0.4) is 0 Å². The maximum Gasteiger partial charge on any atom is 0.162 e. The Morgan fingerprint density at radius 2 is 1.45 bits per heavy atom. The van der Waals surface area contributed by atoms with Gasteiger partial charge in [-0.15, -0.1) is 0 Å². The Morgan fingerprint density at radius 3 is 2.06 bits per heavy atom. The van der Waals surface area contributed by atoms with Crippen molar-refractivity contribution in [3.63, 3.8) is 0 Å². The number of hydrogen-bond donors (Lipinski definition) is 0. The zero-order chi connectivity index (χ0) is 21.5. The summed E-state index contributed by atoms with van der Waals surface area (Å²) in [5.41, 5.74) is 3.32. The van der Waals surface area contributed by atoms with E-state index in [-0.39, 0.29) is 11.8 Å². The number of nitrogens with zero attached hydrogens (tertiary/aromatic N) is 2. The van der Waals surface area contributed by atoms with Gasteiger partial charge in [0.05, 0.1) is 7.11 Å². The summed E-state index contributed by atoms with van der Waals surface area (Å²) in [7, 11) is 1.69. The normalized spacial score (nSPS) is 15.5. The quantitative estimate of drug-likeness (QED) is 0.473. The van der Waals surface area contributed by atoms with Gasteiger partial charge in [0, 0.05) is 49.9 Å². The minimum absolute atomic E-state index is 0.210. The second kappa shape index (κ2) is 10.3. The molecule has 160 valence electrons. The van der Waals surface area contributed by atoms with Gasteiger partial charge in [-0.05, 0) is 36.2 Å². The fourth-order valence-electron chi connectivity index (χ4n) is 4.35. The molecule has 1 fully saturated rings. The van der Waals surface area contributed by atoms with E-state index in [2.05, 4.69) is 52.3 Å². The lowest BCUT2D eigenvalue weighted by Crippen LogP contribution is -2.47. The van der Waals surface area contributed by atoms with E-state index in [0.717, 1.165) is 43.9 Å². The minimum atomic E-state index is 0.210. The summed E-state index contributed by atoms with van der Waals surface area (Å²) in [5.74, 6) is 1.07. The molecule has 1 aliphatic heterocycles. The molecule has 4 heteroatoms. The fourth-order valence-corrected chi connectivity index (χ4v) is 4.35. The van der Waals surface area contributed by atoms with Gasteiger partial charge >= 0.3 is 0 Å². The zero-order valence-corrected chi connectivity index (χ0v) is 18.1. The molecule has 4 rings (SSSR count). The largest absolute Gasteiger partial charge is 0.497 e. The van der Waals surface area contributed by atoms with E-state index in [9.17, 15) is 4.79 Å². The van der Waals surface area contributed by atoms with E-state index in [0.29, 0.717) is 6.42 Å². The Hall–Kier alpha value is -3.11. The third-order valence-corrected chi connectivity index (χ3v) is 6.12. The first-order chi connectivity index (χ1) is 15.2. The van der Waals surface area contributed by atoms with E-state index >= 15 is 0 Å². The van der Waals surface area contributed by atoms with E-state index in [1.165, 1.54) is 11.3 Å². The zero-order valence-electron chi connectivity index (χ0n) is 18.1. The first-order valence-electron chi connectivity index (χ1n) is 11.0. The van der Waals surface area contributed by atoms with Crippen molar-refractivity contribution in [3.05, 3.63) is 96.1 Å². The predicted molar refractivity (Wildman–Crippen MR) is 126 cm³/mol. The van der Waals surface area contributed by atoms with Crippen LogP contribution in [-0.2, 0) is 0 Å². The summed E-state index contributed by atoms with van der Waals surface area (Å²) < 4.78 is 5.34. The van der Waals surface area contributed by atoms with Crippen molar-refractivity contribution in [2.75, 3.05) is 38.2 Å². The van der Waals surface area contributed by atoms with Crippen molar-refractivity contribution in [2.45, 2.75) is 18.9 Å². The van der Waals surface area contributed by atoms with Crippen LogP contribution in [0.25, 0.3) is 0 Å². The number of anilines is 1. The molecule has 0 aliphatic carbocycles. The highest BCUT2D eigenvalue weighted by Crippen LogP contribution is 2.30. The topological polar surface area (TPSA) is 32.8 Å². The summed E-state index contributed by atoms with van der Waals surface area (Å²) in [4.78, 5) is 17.7. The molecule has 0 amide bonds. The van der Waals surface area contributed by atoms with Gasteiger partial charge < -0.3 is 9.64 Å².